The number of aryl methyl sites for hydroxylation is 1. The van der Waals surface area contributed by atoms with Crippen molar-refractivity contribution in [2.45, 2.75) is 33.6 Å². The van der Waals surface area contributed by atoms with Gasteiger partial charge in [-0.2, -0.15) is 0 Å². The standard InChI is InChI=1S/C25H26O4/c1-16(2)24(26)28-13-5-6-18-7-11-22-19(14-18)8-9-20-15-21(10-12-23(20)22)29-25(27)17(3)4/h7-12,14-15,17H,1,5-6,13H2,2-4H3. The third kappa shape index (κ3) is 5.02. The zero-order valence-corrected chi connectivity index (χ0v) is 17.2. The fourth-order valence-electron chi connectivity index (χ4n) is 3.12. The molecule has 0 atom stereocenters. The minimum Gasteiger partial charge on any atom is -0.462 e. The van der Waals surface area contributed by atoms with Crippen molar-refractivity contribution in [3.8, 4) is 5.75 Å². The second-order valence-corrected chi connectivity index (χ2v) is 7.60. The van der Waals surface area contributed by atoms with E-state index in [4.69, 9.17) is 9.47 Å². The van der Waals surface area contributed by atoms with E-state index in [-0.39, 0.29) is 17.9 Å². The van der Waals surface area contributed by atoms with Gasteiger partial charge in [0.2, 0.25) is 0 Å². The van der Waals surface area contributed by atoms with Crippen molar-refractivity contribution < 1.29 is 19.1 Å². The molecule has 150 valence electrons. The molecule has 0 saturated heterocycles. The Kier molecular flexibility index (Phi) is 6.32. The number of hydrogen-bond donors (Lipinski definition) is 0. The van der Waals surface area contributed by atoms with E-state index in [2.05, 4.69) is 30.8 Å². The molecule has 3 rings (SSSR count). The molecule has 29 heavy (non-hydrogen) atoms. The summed E-state index contributed by atoms with van der Waals surface area (Å²) in [5.41, 5.74) is 1.62. The summed E-state index contributed by atoms with van der Waals surface area (Å²) in [5.74, 6) is -0.168. The molecule has 4 heteroatoms. The molecule has 0 aliphatic carbocycles. The summed E-state index contributed by atoms with van der Waals surface area (Å²) >= 11 is 0. The maximum atomic E-state index is 11.8. The lowest BCUT2D eigenvalue weighted by molar-refractivity contribution is -0.139. The second kappa shape index (κ2) is 8.91. The topological polar surface area (TPSA) is 52.6 Å². The first kappa shape index (κ1) is 20.6. The molecule has 0 bridgehead atoms. The molecule has 0 aliphatic rings. The average Bonchev–Trinajstić information content (AvgIpc) is 2.70. The van der Waals surface area contributed by atoms with Crippen LogP contribution < -0.4 is 4.74 Å². The lowest BCUT2D eigenvalue weighted by Crippen LogP contribution is -2.14. The van der Waals surface area contributed by atoms with Crippen LogP contribution in [0.15, 0.2) is 60.7 Å². The van der Waals surface area contributed by atoms with E-state index in [1.165, 1.54) is 5.56 Å². The maximum Gasteiger partial charge on any atom is 0.333 e. The minimum atomic E-state index is -0.339. The smallest absolute Gasteiger partial charge is 0.333 e. The van der Waals surface area contributed by atoms with Crippen LogP contribution in [0.4, 0.5) is 0 Å². The Morgan fingerprint density at radius 3 is 2.28 bits per heavy atom. The van der Waals surface area contributed by atoms with Gasteiger partial charge in [0.15, 0.2) is 0 Å². The zero-order valence-electron chi connectivity index (χ0n) is 17.2. The van der Waals surface area contributed by atoms with Gasteiger partial charge in [-0.05, 0) is 59.0 Å². The predicted molar refractivity (Wildman–Crippen MR) is 116 cm³/mol. The molecule has 0 unspecified atom stereocenters. The molecule has 0 spiro atoms. The lowest BCUT2D eigenvalue weighted by atomic mass is 9.98. The molecule has 0 heterocycles. The number of fused-ring (bicyclic) bond motifs is 3. The molecular formula is C25H26O4. The highest BCUT2D eigenvalue weighted by molar-refractivity contribution is 6.08. The fraction of sp³-hybridized carbons (Fsp3) is 0.280. The van der Waals surface area contributed by atoms with Crippen molar-refractivity contribution in [3.05, 3.63) is 66.2 Å². The van der Waals surface area contributed by atoms with Gasteiger partial charge in [-0.1, -0.05) is 56.8 Å². The molecule has 4 nitrogen and oxygen atoms in total. The first-order valence-electron chi connectivity index (χ1n) is 9.85. The van der Waals surface area contributed by atoms with Crippen molar-refractivity contribution in [2.75, 3.05) is 6.61 Å². The number of hydrogen-bond acceptors (Lipinski definition) is 4. The molecule has 0 N–H and O–H groups in total. The molecule has 0 saturated carbocycles. The normalized spacial score (nSPS) is 11.0. The van der Waals surface area contributed by atoms with Gasteiger partial charge in [0.1, 0.15) is 5.75 Å². The quantitative estimate of drug-likeness (QED) is 0.173. The Morgan fingerprint density at radius 1 is 0.966 bits per heavy atom. The molecule has 0 fully saturated rings. The maximum absolute atomic E-state index is 11.8. The van der Waals surface area contributed by atoms with Crippen LogP contribution in [0.3, 0.4) is 0 Å². The summed E-state index contributed by atoms with van der Waals surface area (Å²) in [7, 11) is 0. The summed E-state index contributed by atoms with van der Waals surface area (Å²) in [6.45, 7) is 9.25. The van der Waals surface area contributed by atoms with Crippen molar-refractivity contribution in [2.24, 2.45) is 5.92 Å². The number of ether oxygens (including phenoxy) is 2. The molecule has 0 amide bonds. The molecule has 0 radical (unpaired) electrons. The van der Waals surface area contributed by atoms with Crippen molar-refractivity contribution in [3.63, 3.8) is 0 Å². The van der Waals surface area contributed by atoms with Gasteiger partial charge in [-0.15, -0.1) is 0 Å². The van der Waals surface area contributed by atoms with Crippen molar-refractivity contribution >= 4 is 33.5 Å². The van der Waals surface area contributed by atoms with E-state index >= 15 is 0 Å². The van der Waals surface area contributed by atoms with Crippen LogP contribution in [0.1, 0.15) is 32.8 Å². The first-order chi connectivity index (χ1) is 13.8. The highest BCUT2D eigenvalue weighted by Crippen LogP contribution is 2.29. The van der Waals surface area contributed by atoms with E-state index in [0.29, 0.717) is 17.9 Å². The van der Waals surface area contributed by atoms with E-state index in [0.717, 1.165) is 34.4 Å². The predicted octanol–water partition coefficient (Wildman–Crippen LogP) is 5.61. The average molecular weight is 390 g/mol. The molecule has 0 aromatic heterocycles. The Bertz CT molecular complexity index is 1080. The van der Waals surface area contributed by atoms with Crippen LogP contribution in [0, 0.1) is 5.92 Å². The molecule has 3 aromatic rings. The third-order valence-corrected chi connectivity index (χ3v) is 4.75. The highest BCUT2D eigenvalue weighted by atomic mass is 16.5. The lowest BCUT2D eigenvalue weighted by Gasteiger charge is -2.10. The summed E-state index contributed by atoms with van der Waals surface area (Å²) in [5, 5.41) is 4.46. The van der Waals surface area contributed by atoms with E-state index in [9.17, 15) is 9.59 Å². The van der Waals surface area contributed by atoms with Crippen LogP contribution in [-0.4, -0.2) is 18.5 Å². The molecular weight excluding hydrogens is 364 g/mol. The summed E-state index contributed by atoms with van der Waals surface area (Å²) < 4.78 is 10.6. The van der Waals surface area contributed by atoms with E-state index in [1.807, 2.05) is 38.1 Å². The Morgan fingerprint density at radius 2 is 1.62 bits per heavy atom. The monoisotopic (exact) mass is 390 g/mol. The van der Waals surface area contributed by atoms with Crippen LogP contribution in [0.25, 0.3) is 21.5 Å². The van der Waals surface area contributed by atoms with Gasteiger partial charge in [0, 0.05) is 5.57 Å². The zero-order chi connectivity index (χ0) is 21.0. The number of esters is 2. The Hall–Kier alpha value is -3.14. The van der Waals surface area contributed by atoms with Gasteiger partial charge in [-0.3, -0.25) is 4.79 Å². The Balaban J connectivity index is 1.74. The number of carbonyl (C=O) groups is 2. The van der Waals surface area contributed by atoms with Crippen LogP contribution in [-0.2, 0) is 20.7 Å². The molecule has 0 aliphatic heterocycles. The van der Waals surface area contributed by atoms with Crippen molar-refractivity contribution in [1.82, 2.24) is 0 Å². The van der Waals surface area contributed by atoms with Crippen LogP contribution in [0.2, 0.25) is 0 Å². The van der Waals surface area contributed by atoms with Crippen LogP contribution in [0.5, 0.6) is 5.75 Å². The summed E-state index contributed by atoms with van der Waals surface area (Å²) in [4.78, 5) is 23.2. The Labute approximate surface area is 171 Å². The van der Waals surface area contributed by atoms with Crippen LogP contribution >= 0.6 is 0 Å². The van der Waals surface area contributed by atoms with Gasteiger partial charge < -0.3 is 9.47 Å². The van der Waals surface area contributed by atoms with Gasteiger partial charge in [-0.25, -0.2) is 4.79 Å². The number of carbonyl (C=O) groups excluding carboxylic acids is 2. The minimum absolute atomic E-state index is 0.162. The van der Waals surface area contributed by atoms with E-state index in [1.54, 1.807) is 6.92 Å². The largest absolute Gasteiger partial charge is 0.462 e. The summed E-state index contributed by atoms with van der Waals surface area (Å²) in [6.07, 6.45) is 1.60. The number of rotatable bonds is 7. The van der Waals surface area contributed by atoms with E-state index < -0.39 is 0 Å². The first-order valence-corrected chi connectivity index (χ1v) is 9.85. The second-order valence-electron chi connectivity index (χ2n) is 7.60. The van der Waals surface area contributed by atoms with Gasteiger partial charge in [0.05, 0.1) is 12.5 Å². The summed E-state index contributed by atoms with van der Waals surface area (Å²) in [6, 6.07) is 16.3. The van der Waals surface area contributed by atoms with Crippen molar-refractivity contribution in [1.29, 1.82) is 0 Å². The number of benzene rings is 3. The van der Waals surface area contributed by atoms with Gasteiger partial charge >= 0.3 is 11.9 Å². The third-order valence-electron chi connectivity index (χ3n) is 4.75. The molecule has 3 aromatic carbocycles. The highest BCUT2D eigenvalue weighted by Gasteiger charge is 2.11. The SMILES string of the molecule is C=C(C)C(=O)OCCCc1ccc2c(ccc3cc(OC(=O)C(C)C)ccc32)c1. The fourth-order valence-corrected chi connectivity index (χ4v) is 3.12. The van der Waals surface area contributed by atoms with Gasteiger partial charge in [0.25, 0.3) is 0 Å².